The maximum Gasteiger partial charge on any atom is 0.417 e. The Labute approximate surface area is 151 Å². The summed E-state index contributed by atoms with van der Waals surface area (Å²) >= 11 is 0. The molecule has 0 N–H and O–H groups in total. The molecule has 0 saturated carbocycles. The lowest BCUT2D eigenvalue weighted by Crippen LogP contribution is -2.46. The van der Waals surface area contributed by atoms with Crippen LogP contribution in [0.4, 0.5) is 4.79 Å². The number of nitrogens with zero attached hydrogens (tertiary/aromatic N) is 1. The summed E-state index contributed by atoms with van der Waals surface area (Å²) in [5.74, 6) is -0.456. The third kappa shape index (κ3) is 7.45. The summed E-state index contributed by atoms with van der Waals surface area (Å²) < 4.78 is 10.2. The van der Waals surface area contributed by atoms with E-state index in [-0.39, 0.29) is 23.8 Å². The molecule has 1 aliphatic heterocycles. The van der Waals surface area contributed by atoms with Gasteiger partial charge in [0.1, 0.15) is 5.60 Å². The number of imide groups is 1. The fourth-order valence-corrected chi connectivity index (χ4v) is 3.09. The highest BCUT2D eigenvalue weighted by Gasteiger charge is 2.34. The number of hydrogen-bond acceptors (Lipinski definition) is 5. The minimum atomic E-state index is -0.621. The molecule has 0 aromatic rings. The van der Waals surface area contributed by atoms with Crippen molar-refractivity contribution in [2.75, 3.05) is 7.11 Å². The van der Waals surface area contributed by atoms with Crippen LogP contribution in [0, 0.1) is 5.92 Å². The molecule has 2 unspecified atom stereocenters. The maximum atomic E-state index is 12.5. The Bertz CT molecular complexity index is 469. The second-order valence-electron chi connectivity index (χ2n) is 7.85. The number of ether oxygens (including phenoxy) is 2. The largest absolute Gasteiger partial charge is 0.469 e. The molecular weight excluding hydrogens is 322 g/mol. The van der Waals surface area contributed by atoms with Crippen LogP contribution in [0.25, 0.3) is 0 Å². The van der Waals surface area contributed by atoms with Crippen molar-refractivity contribution in [1.29, 1.82) is 0 Å². The van der Waals surface area contributed by atoms with Gasteiger partial charge in [0.25, 0.3) is 0 Å². The van der Waals surface area contributed by atoms with Crippen LogP contribution in [-0.4, -0.2) is 41.6 Å². The standard InChI is InChI=1S/C19H33NO5/c1-14(17(22)24-5)10-6-7-11-15-12-8-9-13-16(21)20(15)18(23)25-19(2,3)4/h14-15H,6-13H2,1-5H3. The second kappa shape index (κ2) is 9.78. The number of amides is 2. The van der Waals surface area contributed by atoms with Crippen molar-refractivity contribution in [3.63, 3.8) is 0 Å². The predicted octanol–water partition coefficient (Wildman–Crippen LogP) is 4.06. The van der Waals surface area contributed by atoms with E-state index in [1.54, 1.807) is 20.8 Å². The smallest absolute Gasteiger partial charge is 0.417 e. The van der Waals surface area contributed by atoms with Gasteiger partial charge in [-0.1, -0.05) is 26.2 Å². The van der Waals surface area contributed by atoms with Crippen molar-refractivity contribution in [2.45, 2.75) is 90.7 Å². The monoisotopic (exact) mass is 355 g/mol. The molecule has 2 amide bonds. The first-order valence-electron chi connectivity index (χ1n) is 9.28. The van der Waals surface area contributed by atoms with Crippen LogP contribution in [0.1, 0.15) is 79.1 Å². The van der Waals surface area contributed by atoms with E-state index in [2.05, 4.69) is 0 Å². The van der Waals surface area contributed by atoms with Gasteiger partial charge in [0.05, 0.1) is 13.0 Å². The number of methoxy groups -OCH3 is 1. The average Bonchev–Trinajstić information content (AvgIpc) is 2.70. The van der Waals surface area contributed by atoms with E-state index in [0.717, 1.165) is 44.9 Å². The van der Waals surface area contributed by atoms with E-state index in [4.69, 9.17) is 9.47 Å². The quantitative estimate of drug-likeness (QED) is 0.530. The molecule has 144 valence electrons. The fourth-order valence-electron chi connectivity index (χ4n) is 3.09. The van der Waals surface area contributed by atoms with Crippen molar-refractivity contribution >= 4 is 18.0 Å². The average molecular weight is 355 g/mol. The van der Waals surface area contributed by atoms with E-state index >= 15 is 0 Å². The van der Waals surface area contributed by atoms with Crippen molar-refractivity contribution in [3.05, 3.63) is 0 Å². The molecule has 0 aliphatic carbocycles. The Morgan fingerprint density at radius 3 is 2.52 bits per heavy atom. The van der Waals surface area contributed by atoms with E-state index < -0.39 is 11.7 Å². The number of likely N-dealkylation sites (tertiary alicyclic amines) is 1. The Kier molecular flexibility index (Phi) is 8.39. The molecule has 0 bridgehead atoms. The van der Waals surface area contributed by atoms with Gasteiger partial charge < -0.3 is 9.47 Å². The van der Waals surface area contributed by atoms with E-state index in [1.165, 1.54) is 12.0 Å². The first kappa shape index (κ1) is 21.5. The van der Waals surface area contributed by atoms with Gasteiger partial charge in [-0.3, -0.25) is 9.59 Å². The lowest BCUT2D eigenvalue weighted by Gasteiger charge is -2.31. The van der Waals surface area contributed by atoms with E-state index in [1.807, 2.05) is 6.92 Å². The van der Waals surface area contributed by atoms with Crippen LogP contribution >= 0.6 is 0 Å². The normalized spacial score (nSPS) is 20.0. The molecule has 6 heteroatoms. The highest BCUT2D eigenvalue weighted by atomic mass is 16.6. The van der Waals surface area contributed by atoms with Crippen molar-refractivity contribution in [1.82, 2.24) is 4.90 Å². The van der Waals surface area contributed by atoms with Gasteiger partial charge in [0, 0.05) is 12.5 Å². The molecule has 1 saturated heterocycles. The first-order chi connectivity index (χ1) is 11.7. The van der Waals surface area contributed by atoms with Crippen LogP contribution in [0.15, 0.2) is 0 Å². The molecule has 25 heavy (non-hydrogen) atoms. The van der Waals surface area contributed by atoms with E-state index in [0.29, 0.717) is 6.42 Å². The summed E-state index contributed by atoms with van der Waals surface area (Å²) in [7, 11) is 1.40. The van der Waals surface area contributed by atoms with Crippen molar-refractivity contribution in [2.24, 2.45) is 5.92 Å². The molecule has 0 spiro atoms. The highest BCUT2D eigenvalue weighted by molar-refractivity contribution is 5.92. The summed E-state index contributed by atoms with van der Waals surface area (Å²) in [6.45, 7) is 7.26. The third-order valence-electron chi connectivity index (χ3n) is 4.43. The van der Waals surface area contributed by atoms with Gasteiger partial charge in [-0.05, 0) is 46.5 Å². The van der Waals surface area contributed by atoms with Gasteiger partial charge in [0.15, 0.2) is 0 Å². The number of carbonyl (C=O) groups excluding carboxylic acids is 3. The number of rotatable bonds is 6. The van der Waals surface area contributed by atoms with Gasteiger partial charge in [-0.25, -0.2) is 9.69 Å². The Morgan fingerprint density at radius 1 is 1.24 bits per heavy atom. The zero-order chi connectivity index (χ0) is 19.0. The Balaban J connectivity index is 2.61. The van der Waals surface area contributed by atoms with Crippen LogP contribution in [0.5, 0.6) is 0 Å². The van der Waals surface area contributed by atoms with Crippen LogP contribution in [0.2, 0.25) is 0 Å². The SMILES string of the molecule is COC(=O)C(C)CCCCC1CCCCC(=O)N1C(=O)OC(C)(C)C. The zero-order valence-electron chi connectivity index (χ0n) is 16.3. The summed E-state index contributed by atoms with van der Waals surface area (Å²) in [5.41, 5.74) is -0.621. The maximum absolute atomic E-state index is 12.5. The molecule has 6 nitrogen and oxygen atoms in total. The Morgan fingerprint density at radius 2 is 1.92 bits per heavy atom. The molecule has 1 aliphatic rings. The first-order valence-corrected chi connectivity index (χ1v) is 9.28. The van der Waals surface area contributed by atoms with Crippen LogP contribution < -0.4 is 0 Å². The van der Waals surface area contributed by atoms with Gasteiger partial charge in [-0.2, -0.15) is 0 Å². The van der Waals surface area contributed by atoms with Crippen LogP contribution in [-0.2, 0) is 19.1 Å². The Hall–Kier alpha value is -1.59. The third-order valence-corrected chi connectivity index (χ3v) is 4.43. The molecular formula is C19H33NO5. The minimum absolute atomic E-state index is 0.113. The van der Waals surface area contributed by atoms with Crippen molar-refractivity contribution < 1.29 is 23.9 Å². The van der Waals surface area contributed by atoms with Crippen molar-refractivity contribution in [3.8, 4) is 0 Å². The van der Waals surface area contributed by atoms with Gasteiger partial charge in [-0.15, -0.1) is 0 Å². The predicted molar refractivity (Wildman–Crippen MR) is 95.0 cm³/mol. The molecule has 0 radical (unpaired) electrons. The number of carbonyl (C=O) groups is 3. The van der Waals surface area contributed by atoms with Crippen LogP contribution in [0.3, 0.4) is 0 Å². The number of esters is 1. The van der Waals surface area contributed by atoms with Gasteiger partial charge in [0.2, 0.25) is 5.91 Å². The summed E-state index contributed by atoms with van der Waals surface area (Å²) in [6, 6.07) is -0.113. The highest BCUT2D eigenvalue weighted by Crippen LogP contribution is 2.25. The second-order valence-corrected chi connectivity index (χ2v) is 7.85. The lowest BCUT2D eigenvalue weighted by atomic mass is 9.99. The molecule has 2 atom stereocenters. The summed E-state index contributed by atoms with van der Waals surface area (Å²) in [6.07, 6.45) is 5.65. The fraction of sp³-hybridized carbons (Fsp3) is 0.842. The minimum Gasteiger partial charge on any atom is -0.469 e. The number of hydrogen-bond donors (Lipinski definition) is 0. The number of unbranched alkanes of at least 4 members (excludes halogenated alkanes) is 1. The zero-order valence-corrected chi connectivity index (χ0v) is 16.3. The van der Waals surface area contributed by atoms with E-state index in [9.17, 15) is 14.4 Å². The molecule has 1 rings (SSSR count). The molecule has 1 heterocycles. The van der Waals surface area contributed by atoms with Gasteiger partial charge >= 0.3 is 12.1 Å². The molecule has 0 aromatic heterocycles. The lowest BCUT2D eigenvalue weighted by molar-refractivity contribution is -0.145. The topological polar surface area (TPSA) is 72.9 Å². The summed E-state index contributed by atoms with van der Waals surface area (Å²) in [4.78, 5) is 37.6. The summed E-state index contributed by atoms with van der Waals surface area (Å²) in [5, 5.41) is 0. The molecule has 1 fully saturated rings. The molecule has 0 aromatic carbocycles.